The van der Waals surface area contributed by atoms with Crippen LogP contribution in [0.25, 0.3) is 6.08 Å². The van der Waals surface area contributed by atoms with Crippen molar-refractivity contribution in [3.63, 3.8) is 0 Å². The van der Waals surface area contributed by atoms with Gasteiger partial charge in [-0.2, -0.15) is 0 Å². The minimum absolute atomic E-state index is 0.106. The smallest absolute Gasteiger partial charge is 0.272 e. The number of fused-ring (bicyclic) bond motifs is 1. The minimum atomic E-state index is -0.470. The summed E-state index contributed by atoms with van der Waals surface area (Å²) in [7, 11) is 0. The molecule has 9 heteroatoms. The summed E-state index contributed by atoms with van der Waals surface area (Å²) in [5.74, 6) is 0.634. The molecule has 0 aromatic heterocycles. The van der Waals surface area contributed by atoms with Crippen LogP contribution >= 0.6 is 11.8 Å². The van der Waals surface area contributed by atoms with Crippen LogP contribution in [0.2, 0.25) is 0 Å². The van der Waals surface area contributed by atoms with Crippen LogP contribution in [0.15, 0.2) is 108 Å². The molecule has 0 fully saturated rings. The Kier molecular flexibility index (Phi) is 10.8. The third-order valence-electron chi connectivity index (χ3n) is 7.29. The summed E-state index contributed by atoms with van der Waals surface area (Å²) < 4.78 is 11.2. The highest BCUT2D eigenvalue weighted by Gasteiger charge is 2.21. The molecular formula is C37H37N3O5S. The monoisotopic (exact) mass is 635 g/mol. The van der Waals surface area contributed by atoms with Crippen molar-refractivity contribution in [1.82, 2.24) is 5.32 Å². The van der Waals surface area contributed by atoms with Crippen LogP contribution < -0.4 is 25.4 Å². The standard InChI is InChI=1S/C37H37N3O5S/c1-4-34(37(43)39-29-17-18-32-33(23-29)45-20-19-44-32)46-30-12-8-11-28(22-30)38-36(42)31(40-35(41)27-9-6-5-7-10-27)21-25-13-15-26(16-14-25)24(2)3/h5-18,21-24,34H,4,19-20H2,1-3H3,(H,38,42)(H,39,43)(H,40,41)/b31-21+. The Morgan fingerprint density at radius 1 is 0.804 bits per heavy atom. The summed E-state index contributed by atoms with van der Waals surface area (Å²) in [6.07, 6.45) is 2.25. The molecule has 0 saturated carbocycles. The van der Waals surface area contributed by atoms with Crippen LogP contribution in [0, 0.1) is 0 Å². The van der Waals surface area contributed by atoms with Gasteiger partial charge in [0.1, 0.15) is 18.9 Å². The quantitative estimate of drug-likeness (QED) is 0.116. The summed E-state index contributed by atoms with van der Waals surface area (Å²) in [6, 6.07) is 29.3. The van der Waals surface area contributed by atoms with E-state index in [-0.39, 0.29) is 22.8 Å². The lowest BCUT2D eigenvalue weighted by Gasteiger charge is -2.20. The lowest BCUT2D eigenvalue weighted by molar-refractivity contribution is -0.116. The van der Waals surface area contributed by atoms with Gasteiger partial charge in [0.05, 0.1) is 5.25 Å². The number of hydrogen-bond donors (Lipinski definition) is 3. The molecule has 3 amide bonds. The lowest BCUT2D eigenvalue weighted by atomic mass is 10.0. The van der Waals surface area contributed by atoms with E-state index >= 15 is 0 Å². The zero-order valence-corrected chi connectivity index (χ0v) is 26.9. The van der Waals surface area contributed by atoms with Gasteiger partial charge in [-0.15, -0.1) is 11.8 Å². The highest BCUT2D eigenvalue weighted by molar-refractivity contribution is 8.00. The van der Waals surface area contributed by atoms with E-state index in [2.05, 4.69) is 29.8 Å². The Balaban J connectivity index is 1.29. The molecule has 1 atom stereocenters. The van der Waals surface area contributed by atoms with E-state index in [0.717, 1.165) is 10.5 Å². The molecule has 3 N–H and O–H groups in total. The predicted molar refractivity (Wildman–Crippen MR) is 183 cm³/mol. The van der Waals surface area contributed by atoms with Crippen LogP contribution in [0.4, 0.5) is 11.4 Å². The number of carbonyl (C=O) groups excluding carboxylic acids is 3. The third-order valence-corrected chi connectivity index (χ3v) is 8.64. The molecule has 0 bridgehead atoms. The Bertz CT molecular complexity index is 1720. The van der Waals surface area contributed by atoms with Gasteiger partial charge >= 0.3 is 0 Å². The average Bonchev–Trinajstić information content (AvgIpc) is 3.07. The fraction of sp³-hybridized carbons (Fsp3) is 0.216. The number of amides is 3. The van der Waals surface area contributed by atoms with Gasteiger partial charge in [0, 0.05) is 27.9 Å². The van der Waals surface area contributed by atoms with Crippen molar-refractivity contribution in [3.8, 4) is 11.5 Å². The minimum Gasteiger partial charge on any atom is -0.486 e. The molecule has 0 aliphatic carbocycles. The summed E-state index contributed by atoms with van der Waals surface area (Å²) >= 11 is 1.40. The first-order valence-corrected chi connectivity index (χ1v) is 16.1. The normalized spacial score (nSPS) is 13.1. The molecule has 1 unspecified atom stereocenters. The van der Waals surface area contributed by atoms with Crippen molar-refractivity contribution in [3.05, 3.63) is 119 Å². The van der Waals surface area contributed by atoms with Gasteiger partial charge in [0.2, 0.25) is 5.91 Å². The van der Waals surface area contributed by atoms with Gasteiger partial charge in [-0.3, -0.25) is 14.4 Å². The highest BCUT2D eigenvalue weighted by atomic mass is 32.2. The maximum atomic E-state index is 13.6. The average molecular weight is 636 g/mol. The van der Waals surface area contributed by atoms with Crippen molar-refractivity contribution < 1.29 is 23.9 Å². The van der Waals surface area contributed by atoms with Crippen LogP contribution in [0.5, 0.6) is 11.5 Å². The molecule has 5 rings (SSSR count). The summed E-state index contributed by atoms with van der Waals surface area (Å²) in [5, 5.41) is 8.30. The molecule has 236 valence electrons. The number of rotatable bonds is 11. The van der Waals surface area contributed by atoms with Gasteiger partial charge < -0.3 is 25.4 Å². The summed E-state index contributed by atoms with van der Waals surface area (Å²) in [5.41, 5.74) is 3.67. The SMILES string of the molecule is CCC(Sc1cccc(NC(=O)/C(=C\c2ccc(C(C)C)cc2)NC(=O)c2ccccc2)c1)C(=O)Nc1ccc2c(c1)OCCO2. The first kappa shape index (κ1) is 32.4. The second-order valence-corrected chi connectivity index (χ2v) is 12.3. The largest absolute Gasteiger partial charge is 0.486 e. The molecule has 1 aliphatic heterocycles. The number of anilines is 2. The van der Waals surface area contributed by atoms with E-state index in [4.69, 9.17) is 9.47 Å². The third kappa shape index (κ3) is 8.57. The molecule has 1 aliphatic rings. The summed E-state index contributed by atoms with van der Waals surface area (Å²) in [6.45, 7) is 7.15. The van der Waals surface area contributed by atoms with Crippen LogP contribution in [-0.4, -0.2) is 36.2 Å². The van der Waals surface area contributed by atoms with Crippen LogP contribution in [0.1, 0.15) is 54.6 Å². The molecule has 0 saturated heterocycles. The van der Waals surface area contributed by atoms with Gasteiger partial charge in [-0.25, -0.2) is 0 Å². The van der Waals surface area contributed by atoms with E-state index in [9.17, 15) is 14.4 Å². The van der Waals surface area contributed by atoms with Gasteiger partial charge in [-0.05, 0) is 72.0 Å². The first-order valence-electron chi connectivity index (χ1n) is 15.3. The van der Waals surface area contributed by atoms with Crippen LogP contribution in [0.3, 0.4) is 0 Å². The Labute approximate surface area is 273 Å². The zero-order valence-electron chi connectivity index (χ0n) is 26.0. The van der Waals surface area contributed by atoms with E-state index in [1.54, 1.807) is 54.6 Å². The van der Waals surface area contributed by atoms with Crippen molar-refractivity contribution >= 4 is 46.9 Å². The first-order chi connectivity index (χ1) is 22.3. The molecule has 1 heterocycles. The molecule has 0 spiro atoms. The maximum absolute atomic E-state index is 13.6. The van der Waals surface area contributed by atoms with E-state index in [1.807, 2.05) is 55.5 Å². The van der Waals surface area contributed by atoms with Gasteiger partial charge in [-0.1, -0.05) is 69.3 Å². The van der Waals surface area contributed by atoms with Crippen molar-refractivity contribution in [2.45, 2.75) is 43.3 Å². The molecule has 4 aromatic carbocycles. The van der Waals surface area contributed by atoms with Gasteiger partial charge in [0.25, 0.3) is 11.8 Å². The number of carbonyl (C=O) groups is 3. The lowest BCUT2D eigenvalue weighted by Crippen LogP contribution is -2.30. The topological polar surface area (TPSA) is 106 Å². The molecule has 8 nitrogen and oxygen atoms in total. The maximum Gasteiger partial charge on any atom is 0.272 e. The molecule has 46 heavy (non-hydrogen) atoms. The number of thioether (sulfide) groups is 1. The number of hydrogen-bond acceptors (Lipinski definition) is 6. The van der Waals surface area contributed by atoms with Gasteiger partial charge in [0.15, 0.2) is 11.5 Å². The van der Waals surface area contributed by atoms with Crippen LogP contribution in [-0.2, 0) is 9.59 Å². The van der Waals surface area contributed by atoms with Crippen molar-refractivity contribution in [1.29, 1.82) is 0 Å². The number of ether oxygens (including phenoxy) is 2. The molecule has 0 radical (unpaired) electrons. The molecular weight excluding hydrogens is 598 g/mol. The van der Waals surface area contributed by atoms with E-state index < -0.39 is 5.91 Å². The predicted octanol–water partition coefficient (Wildman–Crippen LogP) is 7.50. The summed E-state index contributed by atoms with van der Waals surface area (Å²) in [4.78, 5) is 40.6. The Morgan fingerprint density at radius 3 is 2.24 bits per heavy atom. The second kappa shape index (κ2) is 15.3. The van der Waals surface area contributed by atoms with Crippen molar-refractivity contribution in [2.24, 2.45) is 0 Å². The second-order valence-electron chi connectivity index (χ2n) is 11.0. The Hall–Kier alpha value is -5.02. The zero-order chi connectivity index (χ0) is 32.5. The highest BCUT2D eigenvalue weighted by Crippen LogP contribution is 2.34. The van der Waals surface area contributed by atoms with E-state index in [0.29, 0.717) is 54.0 Å². The van der Waals surface area contributed by atoms with E-state index in [1.165, 1.54) is 17.3 Å². The number of nitrogens with one attached hydrogen (secondary N) is 3. The van der Waals surface area contributed by atoms with Crippen molar-refractivity contribution in [2.75, 3.05) is 23.8 Å². The Morgan fingerprint density at radius 2 is 1.52 bits per heavy atom. The number of benzene rings is 4. The fourth-order valence-electron chi connectivity index (χ4n) is 4.76. The fourth-order valence-corrected chi connectivity index (χ4v) is 5.78. The molecule has 4 aromatic rings.